The minimum Gasteiger partial charge on any atom is -0.491 e. The zero-order valence-corrected chi connectivity index (χ0v) is 14.4. The number of sulfonamides is 1. The summed E-state index contributed by atoms with van der Waals surface area (Å²) in [5.41, 5.74) is 0.476. The van der Waals surface area contributed by atoms with Crippen molar-refractivity contribution in [2.24, 2.45) is 0 Å². The largest absolute Gasteiger partial charge is 0.491 e. The van der Waals surface area contributed by atoms with Gasteiger partial charge in [0.2, 0.25) is 10.0 Å². The van der Waals surface area contributed by atoms with Gasteiger partial charge in [0.1, 0.15) is 18.5 Å². The second-order valence-corrected chi connectivity index (χ2v) is 7.23. The molecule has 1 unspecified atom stereocenters. The highest BCUT2D eigenvalue weighted by Gasteiger charge is 2.06. The fraction of sp³-hybridized carbons (Fsp3) is 0.562. The monoisotopic (exact) mass is 343 g/mol. The summed E-state index contributed by atoms with van der Waals surface area (Å²) < 4.78 is 30.0. The highest BCUT2D eigenvalue weighted by molar-refractivity contribution is 7.92. The van der Waals surface area contributed by atoms with E-state index in [4.69, 9.17) is 4.74 Å². The quantitative estimate of drug-likeness (QED) is 0.504. The summed E-state index contributed by atoms with van der Waals surface area (Å²) in [4.78, 5) is 0. The van der Waals surface area contributed by atoms with Gasteiger partial charge in [-0.1, -0.05) is 26.2 Å². The van der Waals surface area contributed by atoms with Crippen molar-refractivity contribution in [1.29, 1.82) is 0 Å². The second kappa shape index (κ2) is 10.5. The van der Waals surface area contributed by atoms with Crippen molar-refractivity contribution < 1.29 is 18.3 Å². The van der Waals surface area contributed by atoms with Crippen LogP contribution in [0.25, 0.3) is 0 Å². The molecule has 131 valence electrons. The Morgan fingerprint density at radius 2 is 1.91 bits per heavy atom. The average molecular weight is 343 g/mol. The van der Waals surface area contributed by atoms with E-state index in [1.54, 1.807) is 24.3 Å². The van der Waals surface area contributed by atoms with Gasteiger partial charge in [-0.3, -0.25) is 4.72 Å². The molecule has 0 saturated carbocycles. The van der Waals surface area contributed by atoms with Crippen LogP contribution in [0, 0.1) is 6.92 Å². The fourth-order valence-electron chi connectivity index (χ4n) is 1.96. The minimum absolute atomic E-state index is 0.185. The van der Waals surface area contributed by atoms with Crippen LogP contribution in [0.15, 0.2) is 24.3 Å². The number of hydrogen-bond donors (Lipinski definition) is 3. The first kappa shape index (κ1) is 19.7. The molecule has 0 bridgehead atoms. The van der Waals surface area contributed by atoms with Gasteiger partial charge in [-0.15, -0.1) is 0 Å². The van der Waals surface area contributed by atoms with Crippen molar-refractivity contribution in [3.8, 4) is 5.75 Å². The zero-order valence-electron chi connectivity index (χ0n) is 13.6. The number of unbranched alkanes of at least 4 members (excludes halogenated alkanes) is 3. The van der Waals surface area contributed by atoms with Crippen LogP contribution >= 0.6 is 0 Å². The summed E-state index contributed by atoms with van der Waals surface area (Å²) in [5, 5.41) is 13.0. The summed E-state index contributed by atoms with van der Waals surface area (Å²) in [6, 6.07) is 6.55. The molecule has 0 saturated heterocycles. The highest BCUT2D eigenvalue weighted by atomic mass is 32.2. The third kappa shape index (κ3) is 10.1. The Morgan fingerprint density at radius 1 is 1.22 bits per heavy atom. The molecule has 1 aromatic carbocycles. The molecule has 0 spiro atoms. The molecule has 6 nitrogen and oxygen atoms in total. The van der Waals surface area contributed by atoms with Crippen molar-refractivity contribution in [2.75, 3.05) is 30.7 Å². The van der Waals surface area contributed by atoms with E-state index in [-0.39, 0.29) is 6.61 Å². The number of aliphatic hydroxyl groups is 1. The summed E-state index contributed by atoms with van der Waals surface area (Å²) >= 11 is 0. The van der Waals surface area contributed by atoms with Crippen molar-refractivity contribution in [3.05, 3.63) is 31.2 Å². The summed E-state index contributed by atoms with van der Waals surface area (Å²) in [5.74, 6) is 0.582. The van der Waals surface area contributed by atoms with Crippen LogP contribution in [0.2, 0.25) is 0 Å². The number of anilines is 1. The molecule has 0 amide bonds. The summed E-state index contributed by atoms with van der Waals surface area (Å²) in [7, 11) is -3.28. The summed E-state index contributed by atoms with van der Waals surface area (Å²) in [6.45, 7) is 5.34. The Hall–Kier alpha value is -1.31. The van der Waals surface area contributed by atoms with Gasteiger partial charge >= 0.3 is 0 Å². The molecule has 0 heterocycles. The van der Waals surface area contributed by atoms with Crippen LogP contribution in [0.1, 0.15) is 25.7 Å². The Morgan fingerprint density at radius 3 is 2.52 bits per heavy atom. The molecule has 1 radical (unpaired) electrons. The SMILES string of the molecule is [CH2]CCCCCNCC(O)COc1ccc(NS(C)(=O)=O)cc1. The first-order valence-corrected chi connectivity index (χ1v) is 9.68. The molecule has 0 aliphatic heterocycles. The van der Waals surface area contributed by atoms with Crippen LogP contribution < -0.4 is 14.8 Å². The number of nitrogens with one attached hydrogen (secondary N) is 2. The van der Waals surface area contributed by atoms with Gasteiger partial charge in [0.15, 0.2) is 0 Å². The standard InChI is InChI=1S/C16H27N2O4S/c1-3-4-5-6-11-17-12-15(19)13-22-16-9-7-14(8-10-16)18-23(2,20)21/h7-10,15,17-19H,1,3-6,11-13H2,2H3. The average Bonchev–Trinajstić information content (AvgIpc) is 2.48. The Bertz CT molecular complexity index is 532. The van der Waals surface area contributed by atoms with Crippen molar-refractivity contribution in [1.82, 2.24) is 5.32 Å². The lowest BCUT2D eigenvalue weighted by atomic mass is 10.2. The molecular formula is C16H27N2O4S. The van der Waals surface area contributed by atoms with E-state index >= 15 is 0 Å². The molecule has 23 heavy (non-hydrogen) atoms. The molecule has 1 aromatic rings. The number of rotatable bonds is 12. The number of aliphatic hydroxyl groups excluding tert-OH is 1. The number of benzene rings is 1. The van der Waals surface area contributed by atoms with Crippen LogP contribution in [0.3, 0.4) is 0 Å². The minimum atomic E-state index is -3.28. The molecular weight excluding hydrogens is 316 g/mol. The van der Waals surface area contributed by atoms with Crippen molar-refractivity contribution >= 4 is 15.7 Å². The summed E-state index contributed by atoms with van der Waals surface area (Å²) in [6.07, 6.45) is 4.85. The van der Waals surface area contributed by atoms with E-state index in [1.165, 1.54) is 0 Å². The predicted molar refractivity (Wildman–Crippen MR) is 93.1 cm³/mol. The first-order chi connectivity index (χ1) is 10.9. The normalized spacial score (nSPS) is 12.8. The molecule has 0 aromatic heterocycles. The van der Waals surface area contributed by atoms with Gasteiger partial charge < -0.3 is 15.2 Å². The maximum Gasteiger partial charge on any atom is 0.229 e. The third-order valence-electron chi connectivity index (χ3n) is 3.08. The molecule has 0 aliphatic carbocycles. The maximum absolute atomic E-state index is 11.1. The Balaban J connectivity index is 2.21. The molecule has 1 atom stereocenters. The molecule has 7 heteroatoms. The topological polar surface area (TPSA) is 87.7 Å². The van der Waals surface area contributed by atoms with E-state index in [1.807, 2.05) is 0 Å². The van der Waals surface area contributed by atoms with Crippen LogP contribution in [-0.2, 0) is 10.0 Å². The van der Waals surface area contributed by atoms with E-state index < -0.39 is 16.1 Å². The van der Waals surface area contributed by atoms with E-state index in [0.29, 0.717) is 18.0 Å². The maximum atomic E-state index is 11.1. The van der Waals surface area contributed by atoms with Gasteiger partial charge in [-0.05, 0) is 37.2 Å². The van der Waals surface area contributed by atoms with Crippen LogP contribution in [0.4, 0.5) is 5.69 Å². The Kier molecular flexibility index (Phi) is 8.98. The third-order valence-corrected chi connectivity index (χ3v) is 3.69. The molecule has 1 rings (SSSR count). The van der Waals surface area contributed by atoms with Gasteiger partial charge in [-0.25, -0.2) is 8.42 Å². The van der Waals surface area contributed by atoms with E-state index in [2.05, 4.69) is 17.0 Å². The molecule has 3 N–H and O–H groups in total. The van der Waals surface area contributed by atoms with Gasteiger partial charge in [0, 0.05) is 12.2 Å². The second-order valence-electron chi connectivity index (χ2n) is 5.48. The highest BCUT2D eigenvalue weighted by Crippen LogP contribution is 2.16. The first-order valence-electron chi connectivity index (χ1n) is 7.79. The van der Waals surface area contributed by atoms with Gasteiger partial charge in [0.25, 0.3) is 0 Å². The lowest BCUT2D eigenvalue weighted by Crippen LogP contribution is -2.32. The Labute approximate surface area is 139 Å². The van der Waals surface area contributed by atoms with Crippen molar-refractivity contribution in [3.63, 3.8) is 0 Å². The van der Waals surface area contributed by atoms with Crippen LogP contribution in [-0.4, -0.2) is 45.6 Å². The smallest absolute Gasteiger partial charge is 0.229 e. The van der Waals surface area contributed by atoms with Crippen molar-refractivity contribution in [2.45, 2.75) is 31.8 Å². The number of ether oxygens (including phenoxy) is 1. The van der Waals surface area contributed by atoms with Crippen LogP contribution in [0.5, 0.6) is 5.75 Å². The van der Waals surface area contributed by atoms with E-state index in [9.17, 15) is 13.5 Å². The fourth-order valence-corrected chi connectivity index (χ4v) is 2.52. The number of hydrogen-bond acceptors (Lipinski definition) is 5. The predicted octanol–water partition coefficient (Wildman–Crippen LogP) is 1.78. The van der Waals surface area contributed by atoms with Gasteiger partial charge in [0.05, 0.1) is 6.26 Å². The van der Waals surface area contributed by atoms with Gasteiger partial charge in [-0.2, -0.15) is 0 Å². The van der Waals surface area contributed by atoms with E-state index in [0.717, 1.165) is 38.5 Å². The zero-order chi connectivity index (χ0) is 17.1. The molecule has 0 fully saturated rings. The lowest BCUT2D eigenvalue weighted by Gasteiger charge is -2.13. The lowest BCUT2D eigenvalue weighted by molar-refractivity contribution is 0.106. The molecule has 0 aliphatic rings.